The van der Waals surface area contributed by atoms with Crippen LogP contribution in [0.3, 0.4) is 0 Å². The largest absolute Gasteiger partial charge is 0.449 e. The molecule has 7 nitrogen and oxygen atoms in total. The van der Waals surface area contributed by atoms with Gasteiger partial charge in [0.15, 0.2) is 17.5 Å². The highest BCUT2D eigenvalue weighted by Gasteiger charge is 2.13. The Hall–Kier alpha value is -3.37. The summed E-state index contributed by atoms with van der Waals surface area (Å²) in [6, 6.07) is 10.9. The molecule has 3 aromatic rings. The number of aromatic nitrogens is 2. The van der Waals surface area contributed by atoms with Gasteiger partial charge in [0.1, 0.15) is 0 Å². The molecule has 11 heteroatoms. The van der Waals surface area contributed by atoms with Gasteiger partial charge in [-0.05, 0) is 56.4 Å². The number of hydrogen-bond donors (Lipinski definition) is 1. The van der Waals surface area contributed by atoms with Crippen molar-refractivity contribution in [2.24, 2.45) is 0 Å². The topological polar surface area (TPSA) is 76.5 Å². The molecule has 0 spiro atoms. The molecule has 1 heterocycles. The van der Waals surface area contributed by atoms with Gasteiger partial charge >= 0.3 is 6.09 Å². The fourth-order valence-electron chi connectivity index (χ4n) is 3.04. The van der Waals surface area contributed by atoms with Crippen molar-refractivity contribution < 1.29 is 22.7 Å². The van der Waals surface area contributed by atoms with Gasteiger partial charge in [0.05, 0.1) is 18.8 Å². The molecule has 3 rings (SSSR count). The minimum atomic E-state index is -1.58. The van der Waals surface area contributed by atoms with Crippen LogP contribution >= 0.6 is 12.4 Å². The van der Waals surface area contributed by atoms with E-state index in [1.54, 1.807) is 24.3 Å². The van der Waals surface area contributed by atoms with E-state index >= 15 is 0 Å². The summed E-state index contributed by atoms with van der Waals surface area (Å²) in [7, 11) is 3.86. The third kappa shape index (κ3) is 7.32. The summed E-state index contributed by atoms with van der Waals surface area (Å²) >= 11 is 0. The van der Waals surface area contributed by atoms with Crippen LogP contribution in [0.4, 0.5) is 23.7 Å². The molecule has 1 aromatic heterocycles. The van der Waals surface area contributed by atoms with E-state index in [4.69, 9.17) is 4.74 Å². The van der Waals surface area contributed by atoms with E-state index in [-0.39, 0.29) is 36.8 Å². The second kappa shape index (κ2) is 12.2. The second-order valence-corrected chi connectivity index (χ2v) is 7.59. The summed E-state index contributed by atoms with van der Waals surface area (Å²) in [6.45, 7) is 1.10. The number of amides is 1. The van der Waals surface area contributed by atoms with Crippen LogP contribution in [0.2, 0.25) is 0 Å². The van der Waals surface area contributed by atoms with E-state index < -0.39 is 29.1 Å². The molecule has 0 radical (unpaired) electrons. The number of nitrogens with one attached hydrogen (secondary N) is 1. The first-order valence-corrected chi connectivity index (χ1v) is 10.1. The maximum Gasteiger partial charge on any atom is 0.411 e. The lowest BCUT2D eigenvalue weighted by Crippen LogP contribution is -2.23. The minimum absolute atomic E-state index is 0. The zero-order valence-corrected chi connectivity index (χ0v) is 19.4. The standard InChI is InChI=1S/C23H23F3N4O3.ClH/c1-29(2)9-4-10-33-23(32)27-17-6-3-5-15(11-17)14-30-21(31)8-7-20(28-30)16-12-18(24)22(26)19(25)13-16;/h3,5-8,11-13H,4,9-10,14H2,1-2H3,(H,27,32);1H. The first-order valence-electron chi connectivity index (χ1n) is 10.1. The van der Waals surface area contributed by atoms with Gasteiger partial charge in [-0.3, -0.25) is 10.1 Å². The summed E-state index contributed by atoms with van der Waals surface area (Å²) in [5.74, 6) is -4.28. The molecule has 34 heavy (non-hydrogen) atoms. The van der Waals surface area contributed by atoms with Crippen LogP contribution < -0.4 is 10.9 Å². The first-order chi connectivity index (χ1) is 15.7. The average Bonchev–Trinajstić information content (AvgIpc) is 2.76. The molecule has 0 fully saturated rings. The highest BCUT2D eigenvalue weighted by Crippen LogP contribution is 2.21. The number of ether oxygens (including phenoxy) is 1. The number of benzene rings is 2. The molecule has 0 saturated carbocycles. The molecule has 1 N–H and O–H groups in total. The zero-order chi connectivity index (χ0) is 24.0. The van der Waals surface area contributed by atoms with Crippen LogP contribution in [-0.2, 0) is 11.3 Å². The van der Waals surface area contributed by atoms with Crippen LogP contribution in [0, 0.1) is 17.5 Å². The molecule has 0 aliphatic carbocycles. The van der Waals surface area contributed by atoms with Crippen molar-refractivity contribution in [1.29, 1.82) is 0 Å². The van der Waals surface area contributed by atoms with Crippen LogP contribution in [0.15, 0.2) is 53.3 Å². The van der Waals surface area contributed by atoms with Crippen LogP contribution in [0.1, 0.15) is 12.0 Å². The molecule has 1 amide bonds. The summed E-state index contributed by atoms with van der Waals surface area (Å²) in [5, 5.41) is 6.76. The van der Waals surface area contributed by atoms with Crippen molar-refractivity contribution >= 4 is 24.2 Å². The number of anilines is 1. The van der Waals surface area contributed by atoms with E-state index in [1.807, 2.05) is 19.0 Å². The molecule has 0 saturated heterocycles. The Bertz CT molecular complexity index is 1180. The fraction of sp³-hybridized carbons (Fsp3) is 0.261. The van der Waals surface area contributed by atoms with Crippen molar-refractivity contribution in [3.63, 3.8) is 0 Å². The molecule has 0 atom stereocenters. The maximum atomic E-state index is 13.6. The molecule has 0 aliphatic rings. The van der Waals surface area contributed by atoms with Crippen LogP contribution in [0.25, 0.3) is 11.3 Å². The van der Waals surface area contributed by atoms with E-state index in [0.29, 0.717) is 17.7 Å². The molecule has 0 aliphatic heterocycles. The van der Waals surface area contributed by atoms with E-state index in [9.17, 15) is 22.8 Å². The molecular formula is C23H24ClF3N4O3. The quantitative estimate of drug-likeness (QED) is 0.372. The van der Waals surface area contributed by atoms with Gasteiger partial charge in [-0.15, -0.1) is 12.4 Å². The van der Waals surface area contributed by atoms with Gasteiger partial charge in [-0.1, -0.05) is 12.1 Å². The number of carbonyl (C=O) groups excluding carboxylic acids is 1. The van der Waals surface area contributed by atoms with Gasteiger partial charge in [-0.25, -0.2) is 22.6 Å². The highest BCUT2D eigenvalue weighted by atomic mass is 35.5. The highest BCUT2D eigenvalue weighted by molar-refractivity contribution is 5.85. The predicted octanol–water partition coefficient (Wildman–Crippen LogP) is 4.30. The molecule has 0 unspecified atom stereocenters. The Kier molecular flexibility index (Phi) is 9.64. The van der Waals surface area contributed by atoms with Gasteiger partial charge in [-0.2, -0.15) is 5.10 Å². The van der Waals surface area contributed by atoms with E-state index in [0.717, 1.165) is 23.4 Å². The smallest absolute Gasteiger partial charge is 0.411 e. The van der Waals surface area contributed by atoms with Gasteiger partial charge in [0, 0.05) is 23.9 Å². The third-order valence-corrected chi connectivity index (χ3v) is 4.63. The number of rotatable bonds is 8. The zero-order valence-electron chi connectivity index (χ0n) is 18.6. The van der Waals surface area contributed by atoms with Gasteiger partial charge < -0.3 is 9.64 Å². The minimum Gasteiger partial charge on any atom is -0.449 e. The molecule has 2 aromatic carbocycles. The molecular weight excluding hydrogens is 473 g/mol. The third-order valence-electron chi connectivity index (χ3n) is 4.63. The normalized spacial score (nSPS) is 10.6. The molecule has 0 bridgehead atoms. The monoisotopic (exact) mass is 496 g/mol. The second-order valence-electron chi connectivity index (χ2n) is 7.59. The number of halogens is 4. The Morgan fingerprint density at radius 2 is 1.79 bits per heavy atom. The van der Waals surface area contributed by atoms with Crippen molar-refractivity contribution in [2.45, 2.75) is 13.0 Å². The van der Waals surface area contributed by atoms with Crippen molar-refractivity contribution in [1.82, 2.24) is 14.7 Å². The predicted molar refractivity (Wildman–Crippen MR) is 125 cm³/mol. The Labute approximate surface area is 200 Å². The van der Waals surface area contributed by atoms with E-state index in [1.165, 1.54) is 12.1 Å². The summed E-state index contributed by atoms with van der Waals surface area (Å²) in [4.78, 5) is 26.2. The summed E-state index contributed by atoms with van der Waals surface area (Å²) in [6.07, 6.45) is 0.108. The Morgan fingerprint density at radius 3 is 2.47 bits per heavy atom. The number of nitrogens with zero attached hydrogens (tertiary/aromatic N) is 3. The lowest BCUT2D eigenvalue weighted by Gasteiger charge is -2.11. The SMILES string of the molecule is CN(C)CCCOC(=O)Nc1cccc(Cn2nc(-c3cc(F)c(F)c(F)c3)ccc2=O)c1.Cl. The van der Waals surface area contributed by atoms with Gasteiger partial charge in [0.2, 0.25) is 0 Å². The molecule has 182 valence electrons. The lowest BCUT2D eigenvalue weighted by atomic mass is 10.1. The summed E-state index contributed by atoms with van der Waals surface area (Å²) in [5.41, 5.74) is 0.761. The fourth-order valence-corrected chi connectivity index (χ4v) is 3.04. The first kappa shape index (κ1) is 26.9. The van der Waals surface area contributed by atoms with Crippen molar-refractivity contribution in [3.05, 3.63) is 81.9 Å². The maximum absolute atomic E-state index is 13.6. The Morgan fingerprint density at radius 1 is 1.09 bits per heavy atom. The Balaban J connectivity index is 0.00000408. The van der Waals surface area contributed by atoms with Crippen molar-refractivity contribution in [3.8, 4) is 11.3 Å². The summed E-state index contributed by atoms with van der Waals surface area (Å²) < 4.78 is 46.6. The lowest BCUT2D eigenvalue weighted by molar-refractivity contribution is 0.156. The number of hydrogen-bond acceptors (Lipinski definition) is 5. The number of carbonyl (C=O) groups is 1. The van der Waals surface area contributed by atoms with Crippen molar-refractivity contribution in [2.75, 3.05) is 32.6 Å². The average molecular weight is 497 g/mol. The van der Waals surface area contributed by atoms with E-state index in [2.05, 4.69) is 10.4 Å². The van der Waals surface area contributed by atoms with Crippen LogP contribution in [0.5, 0.6) is 0 Å². The van der Waals surface area contributed by atoms with Crippen LogP contribution in [-0.4, -0.2) is 48.0 Å². The van der Waals surface area contributed by atoms with Gasteiger partial charge in [0.25, 0.3) is 5.56 Å².